The minimum absolute atomic E-state index is 0.151. The molecule has 0 aliphatic heterocycles. The van der Waals surface area contributed by atoms with Crippen LogP contribution in [0.15, 0.2) is 46.6 Å². The van der Waals surface area contributed by atoms with Crippen molar-refractivity contribution < 1.29 is 4.79 Å². The second-order valence-electron chi connectivity index (χ2n) is 4.71. The molecule has 112 valence electrons. The molecular weight excluding hydrogens is 300 g/mol. The summed E-state index contributed by atoms with van der Waals surface area (Å²) >= 11 is 1.45. The fraction of sp³-hybridized carbons (Fsp3) is 0.133. The molecule has 2 aromatic heterocycles. The average Bonchev–Trinajstić information content (AvgIpc) is 3.02. The second kappa shape index (κ2) is 5.98. The van der Waals surface area contributed by atoms with Crippen LogP contribution >= 0.6 is 11.3 Å². The van der Waals surface area contributed by atoms with Crippen molar-refractivity contribution in [3.8, 4) is 0 Å². The molecule has 3 aromatic rings. The molecule has 0 atom stereocenters. The Balaban J connectivity index is 1.81. The summed E-state index contributed by atoms with van der Waals surface area (Å²) in [5, 5.41) is 13.7. The summed E-state index contributed by atoms with van der Waals surface area (Å²) in [5.74, 6) is 0. The summed E-state index contributed by atoms with van der Waals surface area (Å²) in [6.45, 7) is 0.242. The zero-order chi connectivity index (χ0) is 15.5. The highest BCUT2D eigenvalue weighted by atomic mass is 32.1. The van der Waals surface area contributed by atoms with Gasteiger partial charge >= 0.3 is 6.03 Å². The number of hydrogen-bond donors (Lipinski definition) is 2. The summed E-state index contributed by atoms with van der Waals surface area (Å²) < 4.78 is 1.29. The number of anilines is 1. The SMILES string of the molecule is Cn1nc(CNC(=O)Nc2cccs2)c2ccccc2c1=O. The maximum Gasteiger partial charge on any atom is 0.320 e. The number of nitrogens with zero attached hydrogens (tertiary/aromatic N) is 2. The van der Waals surface area contributed by atoms with Crippen molar-refractivity contribution in [3.63, 3.8) is 0 Å². The topological polar surface area (TPSA) is 76.0 Å². The van der Waals surface area contributed by atoms with Crippen LogP contribution < -0.4 is 16.2 Å². The predicted octanol–water partition coefficient (Wildman–Crippen LogP) is 2.32. The van der Waals surface area contributed by atoms with Crippen molar-refractivity contribution in [2.24, 2.45) is 7.05 Å². The molecule has 0 spiro atoms. The van der Waals surface area contributed by atoms with E-state index in [-0.39, 0.29) is 18.1 Å². The van der Waals surface area contributed by atoms with Crippen molar-refractivity contribution in [1.29, 1.82) is 0 Å². The number of amides is 2. The summed E-state index contributed by atoms with van der Waals surface area (Å²) in [5.41, 5.74) is 0.501. The van der Waals surface area contributed by atoms with Gasteiger partial charge in [-0.05, 0) is 23.6 Å². The molecule has 0 aliphatic carbocycles. The highest BCUT2D eigenvalue weighted by Crippen LogP contribution is 2.15. The summed E-state index contributed by atoms with van der Waals surface area (Å²) in [6.07, 6.45) is 0. The van der Waals surface area contributed by atoms with E-state index in [1.807, 2.05) is 35.7 Å². The number of carbonyl (C=O) groups is 1. The standard InChI is InChI=1S/C15H14N4O2S/c1-19-14(20)11-6-3-2-5-10(11)12(18-19)9-16-15(21)17-13-7-4-8-22-13/h2-8H,9H2,1H3,(H2,16,17,21). The molecule has 6 nitrogen and oxygen atoms in total. The Kier molecular flexibility index (Phi) is 3.88. The molecule has 3 rings (SSSR count). The normalized spacial score (nSPS) is 10.6. The molecule has 0 bridgehead atoms. The van der Waals surface area contributed by atoms with Crippen LogP contribution in [0.4, 0.5) is 9.80 Å². The van der Waals surface area contributed by atoms with Crippen LogP contribution in [-0.4, -0.2) is 15.8 Å². The summed E-state index contributed by atoms with van der Waals surface area (Å²) in [6, 6.07) is 10.6. The lowest BCUT2D eigenvalue weighted by Gasteiger charge is -2.09. The molecule has 2 amide bonds. The molecule has 0 saturated heterocycles. The Morgan fingerprint density at radius 3 is 2.73 bits per heavy atom. The van der Waals surface area contributed by atoms with Crippen LogP contribution in [0.1, 0.15) is 5.69 Å². The van der Waals surface area contributed by atoms with E-state index in [2.05, 4.69) is 15.7 Å². The van der Waals surface area contributed by atoms with E-state index in [9.17, 15) is 9.59 Å². The van der Waals surface area contributed by atoms with E-state index in [0.717, 1.165) is 10.4 Å². The molecule has 2 heterocycles. The van der Waals surface area contributed by atoms with Crippen molar-refractivity contribution >= 4 is 33.1 Å². The number of benzene rings is 1. The first-order valence-electron chi connectivity index (χ1n) is 6.68. The van der Waals surface area contributed by atoms with Crippen molar-refractivity contribution in [2.45, 2.75) is 6.54 Å². The molecule has 0 radical (unpaired) electrons. The molecule has 0 unspecified atom stereocenters. The highest BCUT2D eigenvalue weighted by Gasteiger charge is 2.09. The van der Waals surface area contributed by atoms with Gasteiger partial charge in [0.25, 0.3) is 5.56 Å². The van der Waals surface area contributed by atoms with Crippen LogP contribution in [0.5, 0.6) is 0 Å². The lowest BCUT2D eigenvalue weighted by Crippen LogP contribution is -2.30. The number of thiophene rings is 1. The molecule has 0 aliphatic rings. The number of hydrogen-bond acceptors (Lipinski definition) is 4. The van der Waals surface area contributed by atoms with Crippen molar-refractivity contribution in [3.05, 3.63) is 57.8 Å². The first-order chi connectivity index (χ1) is 10.6. The maximum atomic E-state index is 12.0. The van der Waals surface area contributed by atoms with Crippen LogP contribution in [-0.2, 0) is 13.6 Å². The number of nitrogens with one attached hydrogen (secondary N) is 2. The lowest BCUT2D eigenvalue weighted by atomic mass is 10.1. The van der Waals surface area contributed by atoms with Crippen LogP contribution in [0.2, 0.25) is 0 Å². The Hall–Kier alpha value is -2.67. The minimum atomic E-state index is -0.304. The van der Waals surface area contributed by atoms with E-state index >= 15 is 0 Å². The summed E-state index contributed by atoms with van der Waals surface area (Å²) in [7, 11) is 1.60. The van der Waals surface area contributed by atoms with Crippen LogP contribution in [0.3, 0.4) is 0 Å². The number of urea groups is 1. The predicted molar refractivity (Wildman–Crippen MR) is 87.2 cm³/mol. The molecule has 0 fully saturated rings. The Labute approximate surface area is 130 Å². The van der Waals surface area contributed by atoms with Gasteiger partial charge in [0.15, 0.2) is 0 Å². The lowest BCUT2D eigenvalue weighted by molar-refractivity contribution is 0.251. The minimum Gasteiger partial charge on any atom is -0.332 e. The smallest absolute Gasteiger partial charge is 0.320 e. The van der Waals surface area contributed by atoms with Gasteiger partial charge in [-0.2, -0.15) is 5.10 Å². The fourth-order valence-electron chi connectivity index (χ4n) is 2.18. The third-order valence-corrected chi connectivity index (χ3v) is 3.99. The number of aryl methyl sites for hydroxylation is 1. The highest BCUT2D eigenvalue weighted by molar-refractivity contribution is 7.14. The van der Waals surface area contributed by atoms with Gasteiger partial charge in [-0.15, -0.1) is 11.3 Å². The maximum absolute atomic E-state index is 12.0. The van der Waals surface area contributed by atoms with Gasteiger partial charge in [-0.1, -0.05) is 18.2 Å². The van der Waals surface area contributed by atoms with Gasteiger partial charge in [0.2, 0.25) is 0 Å². The quantitative estimate of drug-likeness (QED) is 0.779. The third kappa shape index (κ3) is 2.84. The van der Waals surface area contributed by atoms with Gasteiger partial charge in [0.1, 0.15) is 0 Å². The fourth-order valence-corrected chi connectivity index (χ4v) is 2.79. The Morgan fingerprint density at radius 2 is 2.00 bits per heavy atom. The monoisotopic (exact) mass is 314 g/mol. The number of rotatable bonds is 3. The molecular formula is C15H14N4O2S. The molecule has 7 heteroatoms. The van der Waals surface area contributed by atoms with Crippen molar-refractivity contribution in [2.75, 3.05) is 5.32 Å². The number of aromatic nitrogens is 2. The largest absolute Gasteiger partial charge is 0.332 e. The van der Waals surface area contributed by atoms with Gasteiger partial charge < -0.3 is 5.32 Å². The first-order valence-corrected chi connectivity index (χ1v) is 7.56. The van der Waals surface area contributed by atoms with E-state index in [0.29, 0.717) is 11.1 Å². The number of carbonyl (C=O) groups excluding carboxylic acids is 1. The molecule has 22 heavy (non-hydrogen) atoms. The zero-order valence-corrected chi connectivity index (χ0v) is 12.7. The zero-order valence-electron chi connectivity index (χ0n) is 11.9. The van der Waals surface area contributed by atoms with Gasteiger partial charge in [-0.3, -0.25) is 10.1 Å². The van der Waals surface area contributed by atoms with E-state index in [4.69, 9.17) is 0 Å². The third-order valence-electron chi connectivity index (χ3n) is 3.21. The molecule has 0 saturated carbocycles. The van der Waals surface area contributed by atoms with Gasteiger partial charge in [-0.25, -0.2) is 9.48 Å². The van der Waals surface area contributed by atoms with Crippen LogP contribution in [0.25, 0.3) is 10.8 Å². The second-order valence-corrected chi connectivity index (χ2v) is 5.65. The van der Waals surface area contributed by atoms with Gasteiger partial charge in [0.05, 0.1) is 22.6 Å². The first kappa shape index (κ1) is 14.3. The van der Waals surface area contributed by atoms with Gasteiger partial charge in [0, 0.05) is 12.4 Å². The Bertz CT molecular complexity index is 871. The van der Waals surface area contributed by atoms with Crippen LogP contribution in [0, 0.1) is 0 Å². The number of fused-ring (bicyclic) bond motifs is 1. The molecule has 2 N–H and O–H groups in total. The van der Waals surface area contributed by atoms with Crippen molar-refractivity contribution in [1.82, 2.24) is 15.1 Å². The van der Waals surface area contributed by atoms with E-state index < -0.39 is 0 Å². The molecule has 1 aromatic carbocycles. The average molecular weight is 314 g/mol. The summed E-state index contributed by atoms with van der Waals surface area (Å²) in [4.78, 5) is 23.9. The van der Waals surface area contributed by atoms with E-state index in [1.54, 1.807) is 13.1 Å². The van der Waals surface area contributed by atoms with E-state index in [1.165, 1.54) is 16.0 Å². The Morgan fingerprint density at radius 1 is 1.23 bits per heavy atom.